The summed E-state index contributed by atoms with van der Waals surface area (Å²) in [5.41, 5.74) is 1.35. The first-order valence-electron chi connectivity index (χ1n) is 10.3. The van der Waals surface area contributed by atoms with Crippen LogP contribution in [-0.4, -0.2) is 58.1 Å². The number of nitrogens with one attached hydrogen (secondary N) is 1. The second kappa shape index (κ2) is 10.9. The van der Waals surface area contributed by atoms with E-state index in [-0.39, 0.29) is 18.0 Å². The van der Waals surface area contributed by atoms with Gasteiger partial charge in [0.15, 0.2) is 3.92 Å². The van der Waals surface area contributed by atoms with Crippen molar-refractivity contribution in [1.82, 2.24) is 20.1 Å². The lowest BCUT2D eigenvalue weighted by Crippen LogP contribution is -2.56. The van der Waals surface area contributed by atoms with E-state index in [9.17, 15) is 9.59 Å². The van der Waals surface area contributed by atoms with Gasteiger partial charge in [-0.05, 0) is 56.1 Å². The third-order valence-electron chi connectivity index (χ3n) is 4.72. The normalized spacial score (nSPS) is 18.1. The minimum Gasteiger partial charge on any atom is -0.444 e. The molecule has 1 aliphatic rings. The molecule has 1 N–H and O–H groups in total. The van der Waals surface area contributed by atoms with E-state index < -0.39 is 5.60 Å². The lowest BCUT2D eigenvalue weighted by molar-refractivity contribution is 0.00197. The van der Waals surface area contributed by atoms with Gasteiger partial charge in [-0.2, -0.15) is 0 Å². The van der Waals surface area contributed by atoms with E-state index in [1.54, 1.807) is 16.4 Å². The lowest BCUT2D eigenvalue weighted by Gasteiger charge is -2.43. The molecule has 2 heterocycles. The fourth-order valence-corrected chi connectivity index (χ4v) is 4.28. The van der Waals surface area contributed by atoms with Gasteiger partial charge in [-0.15, -0.1) is 11.3 Å². The number of nitrogens with zero attached hydrogens (tertiary/aromatic N) is 3. The maximum Gasteiger partial charge on any atom is 0.410 e. The predicted octanol–water partition coefficient (Wildman–Crippen LogP) is 4.94. The number of amides is 2. The van der Waals surface area contributed by atoms with E-state index in [1.165, 1.54) is 11.3 Å². The maximum absolute atomic E-state index is 12.7. The summed E-state index contributed by atoms with van der Waals surface area (Å²) in [7, 11) is 0. The van der Waals surface area contributed by atoms with Gasteiger partial charge in [-0.3, -0.25) is 4.79 Å². The molecular weight excluding hydrogens is 480 g/mol. The third kappa shape index (κ3) is 6.93. The zero-order valence-corrected chi connectivity index (χ0v) is 21.2. The predicted molar refractivity (Wildman–Crippen MR) is 128 cm³/mol. The van der Waals surface area contributed by atoms with Gasteiger partial charge < -0.3 is 19.9 Å². The largest absolute Gasteiger partial charge is 0.444 e. The van der Waals surface area contributed by atoms with Gasteiger partial charge in [0.1, 0.15) is 11.3 Å². The van der Waals surface area contributed by atoms with Crippen LogP contribution in [0.4, 0.5) is 4.79 Å². The highest BCUT2D eigenvalue weighted by molar-refractivity contribution is 9.11. The molecule has 31 heavy (non-hydrogen) atoms. The summed E-state index contributed by atoms with van der Waals surface area (Å²) in [4.78, 5) is 33.5. The number of rotatable bonds is 6. The highest BCUT2D eigenvalue weighted by Crippen LogP contribution is 2.23. The van der Waals surface area contributed by atoms with Crippen molar-refractivity contribution in [2.45, 2.75) is 52.7 Å². The number of carbonyl (C=O) groups is 2. The Morgan fingerprint density at radius 1 is 1.42 bits per heavy atom. The fraction of sp³-hybridized carbons (Fsp3) is 0.500. The minimum absolute atomic E-state index is 0.000110. The monoisotopic (exact) mass is 510 g/mol. The second-order valence-corrected chi connectivity index (χ2v) is 10.2. The molecule has 0 radical (unpaired) electrons. The summed E-state index contributed by atoms with van der Waals surface area (Å²) in [5.74, 6) is -0.274. The van der Waals surface area contributed by atoms with E-state index in [0.717, 1.165) is 12.1 Å². The number of aromatic nitrogens is 1. The van der Waals surface area contributed by atoms with Crippen LogP contribution in [0.1, 0.15) is 51.5 Å². The molecular formula is C22H31BrN4O3S. The van der Waals surface area contributed by atoms with Gasteiger partial charge in [0.25, 0.3) is 5.91 Å². The van der Waals surface area contributed by atoms with Crippen LogP contribution in [0.3, 0.4) is 0 Å². The number of carbonyl (C=O) groups excluding carboxylic acids is 2. The highest BCUT2D eigenvalue weighted by Gasteiger charge is 2.33. The Morgan fingerprint density at radius 2 is 2.13 bits per heavy atom. The summed E-state index contributed by atoms with van der Waals surface area (Å²) < 4.78 is 6.24. The Labute approximate surface area is 197 Å². The molecule has 0 bridgehead atoms. The van der Waals surface area contributed by atoms with Crippen LogP contribution in [-0.2, 0) is 4.74 Å². The Balaban J connectivity index is 2.17. The van der Waals surface area contributed by atoms with Gasteiger partial charge in [-0.25, -0.2) is 9.78 Å². The smallest absolute Gasteiger partial charge is 0.410 e. The van der Waals surface area contributed by atoms with E-state index in [4.69, 9.17) is 4.74 Å². The molecule has 7 nitrogen and oxygen atoms in total. The molecule has 0 aliphatic carbocycles. The number of ether oxygens (including phenoxy) is 1. The number of hydrogen-bond donors (Lipinski definition) is 1. The van der Waals surface area contributed by atoms with Crippen molar-refractivity contribution in [2.75, 3.05) is 19.6 Å². The molecule has 1 fully saturated rings. The van der Waals surface area contributed by atoms with Crippen LogP contribution >= 0.6 is 27.3 Å². The molecule has 1 atom stereocenters. The minimum atomic E-state index is -0.534. The quantitative estimate of drug-likeness (QED) is 0.548. The molecule has 170 valence electrons. The lowest BCUT2D eigenvalue weighted by atomic mass is 10.1. The third-order valence-corrected chi connectivity index (χ3v) is 6.08. The van der Waals surface area contributed by atoms with Crippen molar-refractivity contribution in [3.63, 3.8) is 0 Å². The van der Waals surface area contributed by atoms with E-state index in [0.29, 0.717) is 34.9 Å². The zero-order chi connectivity index (χ0) is 23.2. The first kappa shape index (κ1) is 25.1. The van der Waals surface area contributed by atoms with E-state index >= 15 is 0 Å². The Hall–Kier alpha value is -2.13. The van der Waals surface area contributed by atoms with Gasteiger partial charge >= 0.3 is 6.09 Å². The molecule has 1 aliphatic heterocycles. The van der Waals surface area contributed by atoms with Gasteiger partial charge in [-0.1, -0.05) is 25.7 Å². The molecule has 0 unspecified atom stereocenters. The standard InChI is InChI=1S/C22H31BrN4O3S/c1-7-10-18(16(9-3)24-19(28)17-14-31-20(23)25-17)26-11-12-27(15(8-2)13-26)21(29)30-22(4,5)6/h7,9-10,14-15H,1,8,11-13H2,2-6H3,(H,24,28)/b16-9+,18-10+/t15-/m1/s1. The van der Waals surface area contributed by atoms with Crippen molar-refractivity contribution >= 4 is 39.3 Å². The Kier molecular flexibility index (Phi) is 8.88. The topological polar surface area (TPSA) is 74.8 Å². The van der Waals surface area contributed by atoms with Crippen molar-refractivity contribution in [3.8, 4) is 0 Å². The number of hydrogen-bond acceptors (Lipinski definition) is 6. The average molecular weight is 511 g/mol. The van der Waals surface area contributed by atoms with Gasteiger partial charge in [0.2, 0.25) is 0 Å². The van der Waals surface area contributed by atoms with Crippen LogP contribution in [0.15, 0.2) is 45.5 Å². The van der Waals surface area contributed by atoms with Crippen LogP contribution in [0.5, 0.6) is 0 Å². The number of thiazole rings is 1. The molecule has 1 aromatic heterocycles. The number of allylic oxidation sites excluding steroid dienone is 3. The number of piperazine rings is 1. The highest BCUT2D eigenvalue weighted by atomic mass is 79.9. The summed E-state index contributed by atoms with van der Waals surface area (Å²) in [6.45, 7) is 15.1. The van der Waals surface area contributed by atoms with Crippen LogP contribution in [0.2, 0.25) is 0 Å². The van der Waals surface area contributed by atoms with Crippen LogP contribution < -0.4 is 5.32 Å². The van der Waals surface area contributed by atoms with E-state index in [2.05, 4.69) is 44.6 Å². The molecule has 9 heteroatoms. The summed E-state index contributed by atoms with van der Waals surface area (Å²) in [5, 5.41) is 4.66. The van der Waals surface area contributed by atoms with Crippen LogP contribution in [0, 0.1) is 0 Å². The summed E-state index contributed by atoms with van der Waals surface area (Å²) in [6, 6.07) is 0.000110. The average Bonchev–Trinajstić information content (AvgIpc) is 3.15. The molecule has 2 amide bonds. The Morgan fingerprint density at radius 3 is 2.65 bits per heavy atom. The fourth-order valence-electron chi connectivity index (χ4n) is 3.29. The van der Waals surface area contributed by atoms with Crippen molar-refractivity contribution < 1.29 is 14.3 Å². The molecule has 1 saturated heterocycles. The first-order chi connectivity index (χ1) is 14.6. The van der Waals surface area contributed by atoms with Gasteiger partial charge in [0, 0.05) is 25.0 Å². The van der Waals surface area contributed by atoms with E-state index in [1.807, 2.05) is 39.8 Å². The zero-order valence-electron chi connectivity index (χ0n) is 18.8. The molecule has 0 aromatic carbocycles. The molecule has 0 spiro atoms. The van der Waals surface area contributed by atoms with Crippen molar-refractivity contribution in [1.29, 1.82) is 0 Å². The molecule has 2 rings (SSSR count). The molecule has 0 saturated carbocycles. The van der Waals surface area contributed by atoms with Crippen molar-refractivity contribution in [2.24, 2.45) is 0 Å². The summed E-state index contributed by atoms with van der Waals surface area (Å²) in [6.07, 6.45) is 5.94. The Bertz CT molecular complexity index is 872. The SMILES string of the molecule is C=C/C=C(\C(=C/C)NC(=O)c1csc(Br)n1)N1CCN(C(=O)OC(C)(C)C)[C@H](CC)C1. The van der Waals surface area contributed by atoms with Gasteiger partial charge in [0.05, 0.1) is 17.4 Å². The molecule has 1 aromatic rings. The summed E-state index contributed by atoms with van der Waals surface area (Å²) >= 11 is 4.65. The van der Waals surface area contributed by atoms with Crippen LogP contribution in [0.25, 0.3) is 0 Å². The van der Waals surface area contributed by atoms with Crippen molar-refractivity contribution in [3.05, 3.63) is 51.2 Å². The second-order valence-electron chi connectivity index (χ2n) is 8.11. The maximum atomic E-state index is 12.7. The number of halogens is 1. The first-order valence-corrected chi connectivity index (χ1v) is 11.9.